The number of furan rings is 1. The number of aromatic nitrogens is 2. The number of nitrogen functional groups attached to an aromatic ring is 1. The summed E-state index contributed by atoms with van der Waals surface area (Å²) in [4.78, 5) is 11.7. The van der Waals surface area contributed by atoms with Gasteiger partial charge in [-0.25, -0.2) is 10.1 Å². The Bertz CT molecular complexity index is 934. The van der Waals surface area contributed by atoms with Crippen molar-refractivity contribution >= 4 is 29.5 Å². The first kappa shape index (κ1) is 16.5. The Labute approximate surface area is 146 Å². The molecule has 128 valence electrons. The molecule has 0 atom stereocenters. The minimum atomic E-state index is -0.649. The molecule has 0 saturated carbocycles. The minimum absolute atomic E-state index is 0.121. The van der Waals surface area contributed by atoms with Crippen LogP contribution in [0.25, 0.3) is 11.3 Å². The molecule has 0 aliphatic heterocycles. The predicted molar refractivity (Wildman–Crippen MR) is 89.5 cm³/mol. The van der Waals surface area contributed by atoms with Crippen LogP contribution >= 0.6 is 11.6 Å². The number of hydrazone groups is 1. The molecule has 0 radical (unpaired) electrons. The van der Waals surface area contributed by atoms with E-state index in [-0.39, 0.29) is 11.5 Å². The number of hydrogen-bond donors (Lipinski definition) is 2. The first-order chi connectivity index (χ1) is 12.1. The number of methoxy groups -OCH3 is 1. The Morgan fingerprint density at radius 2 is 2.20 bits per heavy atom. The zero-order valence-electron chi connectivity index (χ0n) is 12.9. The molecule has 3 rings (SSSR count). The quantitative estimate of drug-likeness (QED) is 0.527. The standard InChI is InChI=1S/C15H12ClN5O4/c1-23-12-4-2-8(6-10(12)16)11-5-3-9(24-11)7-18-19-15(22)13-14(17)21-25-20-13/h2-7H,1H3,(H2,17,21)(H,19,22)/b18-7-. The van der Waals surface area contributed by atoms with Gasteiger partial charge < -0.3 is 14.9 Å². The van der Waals surface area contributed by atoms with Crippen LogP contribution in [0.15, 0.2) is 44.5 Å². The largest absolute Gasteiger partial charge is 0.495 e. The summed E-state index contributed by atoms with van der Waals surface area (Å²) in [5.41, 5.74) is 8.27. The lowest BCUT2D eigenvalue weighted by Gasteiger charge is -2.04. The van der Waals surface area contributed by atoms with Gasteiger partial charge in [0, 0.05) is 5.56 Å². The van der Waals surface area contributed by atoms with Crippen molar-refractivity contribution in [2.45, 2.75) is 0 Å². The molecule has 0 spiro atoms. The van der Waals surface area contributed by atoms with E-state index in [1.165, 1.54) is 6.21 Å². The Morgan fingerprint density at radius 3 is 2.88 bits per heavy atom. The number of halogens is 1. The van der Waals surface area contributed by atoms with Gasteiger partial charge in [-0.2, -0.15) is 5.10 Å². The van der Waals surface area contributed by atoms with Crippen LogP contribution in [-0.2, 0) is 0 Å². The zero-order chi connectivity index (χ0) is 17.8. The fraction of sp³-hybridized carbons (Fsp3) is 0.0667. The Balaban J connectivity index is 1.68. The van der Waals surface area contributed by atoms with Gasteiger partial charge in [-0.3, -0.25) is 4.79 Å². The molecule has 0 aliphatic carbocycles. The molecule has 10 heteroatoms. The molecule has 0 bridgehead atoms. The van der Waals surface area contributed by atoms with Crippen LogP contribution in [0, 0.1) is 0 Å². The fourth-order valence-corrected chi connectivity index (χ4v) is 2.22. The summed E-state index contributed by atoms with van der Waals surface area (Å²) in [6.07, 6.45) is 1.33. The molecule has 3 N–H and O–H groups in total. The van der Waals surface area contributed by atoms with Crippen molar-refractivity contribution in [3.8, 4) is 17.1 Å². The molecule has 1 amide bonds. The maximum atomic E-state index is 11.7. The average Bonchev–Trinajstić information content (AvgIpc) is 3.23. The number of anilines is 1. The van der Waals surface area contributed by atoms with Gasteiger partial charge in [0.1, 0.15) is 17.3 Å². The van der Waals surface area contributed by atoms with Gasteiger partial charge in [0.2, 0.25) is 11.5 Å². The van der Waals surface area contributed by atoms with E-state index in [0.29, 0.717) is 22.3 Å². The molecule has 25 heavy (non-hydrogen) atoms. The smallest absolute Gasteiger partial charge is 0.297 e. The minimum Gasteiger partial charge on any atom is -0.495 e. The van der Waals surface area contributed by atoms with Gasteiger partial charge in [0.25, 0.3) is 5.91 Å². The molecular formula is C15H12ClN5O4. The van der Waals surface area contributed by atoms with Crippen LogP contribution in [0.5, 0.6) is 5.75 Å². The molecule has 2 aromatic heterocycles. The van der Waals surface area contributed by atoms with Crippen LogP contribution in [0.4, 0.5) is 5.82 Å². The third-order valence-electron chi connectivity index (χ3n) is 3.15. The maximum Gasteiger partial charge on any atom is 0.297 e. The normalized spacial score (nSPS) is 11.0. The van der Waals surface area contributed by atoms with Gasteiger partial charge in [0.05, 0.1) is 18.3 Å². The number of carbonyl (C=O) groups is 1. The molecule has 2 heterocycles. The number of nitrogens with one attached hydrogen (secondary N) is 1. The molecule has 0 saturated heterocycles. The number of ether oxygens (including phenoxy) is 1. The van der Waals surface area contributed by atoms with E-state index in [1.807, 2.05) is 6.07 Å². The number of nitrogens with two attached hydrogens (primary N) is 1. The van der Waals surface area contributed by atoms with E-state index in [1.54, 1.807) is 31.4 Å². The Morgan fingerprint density at radius 1 is 1.36 bits per heavy atom. The third kappa shape index (κ3) is 3.61. The monoisotopic (exact) mass is 361 g/mol. The number of hydrogen-bond acceptors (Lipinski definition) is 8. The lowest BCUT2D eigenvalue weighted by atomic mass is 10.2. The highest BCUT2D eigenvalue weighted by atomic mass is 35.5. The van der Waals surface area contributed by atoms with Crippen LogP contribution in [0.3, 0.4) is 0 Å². The molecule has 0 fully saturated rings. The molecule has 1 aromatic carbocycles. The van der Waals surface area contributed by atoms with Gasteiger partial charge in [-0.05, 0) is 40.6 Å². The van der Waals surface area contributed by atoms with E-state index in [4.69, 9.17) is 26.5 Å². The fourth-order valence-electron chi connectivity index (χ4n) is 1.96. The molecule has 0 unspecified atom stereocenters. The Hall–Kier alpha value is -3.33. The molecule has 9 nitrogen and oxygen atoms in total. The van der Waals surface area contributed by atoms with E-state index >= 15 is 0 Å². The first-order valence-electron chi connectivity index (χ1n) is 6.93. The van der Waals surface area contributed by atoms with Gasteiger partial charge in [-0.15, -0.1) is 0 Å². The van der Waals surface area contributed by atoms with E-state index in [0.717, 1.165) is 5.56 Å². The van der Waals surface area contributed by atoms with Crippen molar-refractivity contribution in [2.24, 2.45) is 5.10 Å². The van der Waals surface area contributed by atoms with Crippen LogP contribution in [-0.4, -0.2) is 29.5 Å². The maximum absolute atomic E-state index is 11.7. The summed E-state index contributed by atoms with van der Waals surface area (Å²) in [7, 11) is 1.54. The van der Waals surface area contributed by atoms with Crippen LogP contribution in [0.2, 0.25) is 5.02 Å². The highest BCUT2D eigenvalue weighted by molar-refractivity contribution is 6.32. The van der Waals surface area contributed by atoms with Crippen LogP contribution < -0.4 is 15.9 Å². The number of rotatable bonds is 5. The topological polar surface area (TPSA) is 129 Å². The number of amides is 1. The second kappa shape index (κ2) is 7.05. The van der Waals surface area contributed by atoms with Crippen molar-refractivity contribution < 1.29 is 18.6 Å². The summed E-state index contributed by atoms with van der Waals surface area (Å²) in [6.45, 7) is 0. The van der Waals surface area contributed by atoms with Crippen molar-refractivity contribution in [2.75, 3.05) is 12.8 Å². The van der Waals surface area contributed by atoms with Crippen molar-refractivity contribution in [3.63, 3.8) is 0 Å². The van der Waals surface area contributed by atoms with E-state index in [2.05, 4.69) is 25.5 Å². The summed E-state index contributed by atoms with van der Waals surface area (Å²) in [5, 5.41) is 10.9. The summed E-state index contributed by atoms with van der Waals surface area (Å²) < 4.78 is 15.1. The second-order valence-electron chi connectivity index (χ2n) is 4.75. The third-order valence-corrected chi connectivity index (χ3v) is 3.45. The second-order valence-corrected chi connectivity index (χ2v) is 5.16. The lowest BCUT2D eigenvalue weighted by Crippen LogP contribution is -2.19. The average molecular weight is 362 g/mol. The van der Waals surface area contributed by atoms with Gasteiger partial charge in [-0.1, -0.05) is 11.6 Å². The molecule has 0 aliphatic rings. The highest BCUT2D eigenvalue weighted by Gasteiger charge is 2.15. The van der Waals surface area contributed by atoms with E-state index in [9.17, 15) is 4.79 Å². The predicted octanol–water partition coefficient (Wildman–Crippen LogP) is 2.34. The van der Waals surface area contributed by atoms with Crippen molar-refractivity contribution in [1.82, 2.24) is 15.7 Å². The van der Waals surface area contributed by atoms with Gasteiger partial charge in [0.15, 0.2) is 0 Å². The number of carbonyl (C=O) groups excluding carboxylic acids is 1. The van der Waals surface area contributed by atoms with Crippen LogP contribution in [0.1, 0.15) is 16.2 Å². The molecule has 3 aromatic rings. The summed E-state index contributed by atoms with van der Waals surface area (Å²) in [6, 6.07) is 8.72. The SMILES string of the molecule is COc1ccc(-c2ccc(/C=N\NC(=O)c3nonc3N)o2)cc1Cl. The zero-order valence-corrected chi connectivity index (χ0v) is 13.6. The van der Waals surface area contributed by atoms with E-state index < -0.39 is 5.91 Å². The number of benzene rings is 1. The lowest BCUT2D eigenvalue weighted by molar-refractivity contribution is 0.0946. The first-order valence-corrected chi connectivity index (χ1v) is 7.31. The number of nitrogens with zero attached hydrogens (tertiary/aromatic N) is 3. The molecular weight excluding hydrogens is 350 g/mol. The van der Waals surface area contributed by atoms with Crippen molar-refractivity contribution in [1.29, 1.82) is 0 Å². The van der Waals surface area contributed by atoms with Gasteiger partial charge >= 0.3 is 0 Å². The van der Waals surface area contributed by atoms with Crippen molar-refractivity contribution in [3.05, 3.63) is 46.8 Å². The summed E-state index contributed by atoms with van der Waals surface area (Å²) >= 11 is 6.10. The highest BCUT2D eigenvalue weighted by Crippen LogP contribution is 2.30. The summed E-state index contributed by atoms with van der Waals surface area (Å²) in [5.74, 6) is 0.812. The Kier molecular flexibility index (Phi) is 4.66.